The molecule has 3 amide bonds. The highest BCUT2D eigenvalue weighted by molar-refractivity contribution is 5.98. The van der Waals surface area contributed by atoms with Gasteiger partial charge >= 0.3 is 5.97 Å². The Hall–Kier alpha value is -4.35. The first kappa shape index (κ1) is 35.9. The minimum Gasteiger partial charge on any atom is -0.481 e. The van der Waals surface area contributed by atoms with Crippen molar-refractivity contribution >= 4 is 34.6 Å². The Morgan fingerprint density at radius 3 is 2.33 bits per heavy atom. The van der Waals surface area contributed by atoms with E-state index in [0.29, 0.717) is 30.3 Å². The van der Waals surface area contributed by atoms with Gasteiger partial charge in [0.1, 0.15) is 11.7 Å². The summed E-state index contributed by atoms with van der Waals surface area (Å²) in [7, 11) is 0. The zero-order valence-electron chi connectivity index (χ0n) is 28.6. The monoisotopic (exact) mass is 671 g/mol. The molecular formula is C38H49N5O6. The number of amides is 3. The van der Waals surface area contributed by atoms with Gasteiger partial charge in [-0.05, 0) is 69.6 Å². The van der Waals surface area contributed by atoms with Crippen LogP contribution in [0.3, 0.4) is 0 Å². The number of hydrogen-bond donors (Lipinski definition) is 5. The number of nitrogens with zero attached hydrogens (tertiary/aromatic N) is 2. The molecular weight excluding hydrogens is 622 g/mol. The number of benzene rings is 2. The van der Waals surface area contributed by atoms with E-state index in [1.165, 1.54) is 6.07 Å². The summed E-state index contributed by atoms with van der Waals surface area (Å²) in [5, 5.41) is 30.9. The van der Waals surface area contributed by atoms with Crippen LogP contribution in [0.25, 0.3) is 10.9 Å². The number of carboxylic acids is 1. The molecule has 3 aromatic rings. The predicted octanol–water partition coefficient (Wildman–Crippen LogP) is 3.69. The molecule has 0 spiro atoms. The number of carbonyl (C=O) groups is 4. The molecule has 1 saturated carbocycles. The molecule has 5 rings (SSSR count). The van der Waals surface area contributed by atoms with E-state index in [9.17, 15) is 29.4 Å². The van der Waals surface area contributed by atoms with E-state index in [1.807, 2.05) is 63.2 Å². The highest BCUT2D eigenvalue weighted by Crippen LogP contribution is 2.39. The molecule has 0 bridgehead atoms. The molecule has 2 aliphatic rings. The number of carboxylic acid groups (broad SMARTS) is 1. The third kappa shape index (κ3) is 9.86. The Labute approximate surface area is 287 Å². The minimum absolute atomic E-state index is 0.0495. The molecule has 6 atom stereocenters. The van der Waals surface area contributed by atoms with Gasteiger partial charge in [-0.15, -0.1) is 0 Å². The molecule has 11 heteroatoms. The second-order valence-electron chi connectivity index (χ2n) is 14.6. The molecule has 49 heavy (non-hydrogen) atoms. The van der Waals surface area contributed by atoms with Crippen molar-refractivity contribution in [2.24, 2.45) is 11.8 Å². The van der Waals surface area contributed by atoms with Crippen LogP contribution in [-0.2, 0) is 20.8 Å². The quantitative estimate of drug-likeness (QED) is 0.195. The minimum atomic E-state index is -1.42. The summed E-state index contributed by atoms with van der Waals surface area (Å²) in [5.74, 6) is -1.87. The van der Waals surface area contributed by atoms with Crippen LogP contribution >= 0.6 is 0 Å². The van der Waals surface area contributed by atoms with Crippen LogP contribution in [0.15, 0.2) is 66.7 Å². The lowest BCUT2D eigenvalue weighted by atomic mass is 9.72. The van der Waals surface area contributed by atoms with Crippen LogP contribution in [0.1, 0.15) is 75.3 Å². The van der Waals surface area contributed by atoms with Crippen molar-refractivity contribution < 1.29 is 29.4 Å². The van der Waals surface area contributed by atoms with Crippen molar-refractivity contribution in [2.75, 3.05) is 13.1 Å². The number of likely N-dealkylation sites (tertiary alicyclic amines) is 1. The highest BCUT2D eigenvalue weighted by atomic mass is 16.4. The van der Waals surface area contributed by atoms with E-state index in [1.54, 1.807) is 18.2 Å². The van der Waals surface area contributed by atoms with Crippen molar-refractivity contribution in [3.05, 3.63) is 78.0 Å². The fraction of sp³-hybridized carbons (Fsp3) is 0.500. The number of rotatable bonds is 12. The lowest BCUT2D eigenvalue weighted by Crippen LogP contribution is -2.61. The third-order valence-electron chi connectivity index (χ3n) is 9.65. The molecule has 1 aliphatic heterocycles. The largest absolute Gasteiger partial charge is 0.481 e. The highest BCUT2D eigenvalue weighted by Gasteiger charge is 2.42. The molecule has 0 unspecified atom stereocenters. The predicted molar refractivity (Wildman–Crippen MR) is 187 cm³/mol. The van der Waals surface area contributed by atoms with Gasteiger partial charge in [0.2, 0.25) is 11.8 Å². The van der Waals surface area contributed by atoms with Gasteiger partial charge in [-0.2, -0.15) is 0 Å². The van der Waals surface area contributed by atoms with E-state index in [2.05, 4.69) is 25.8 Å². The topological polar surface area (TPSA) is 161 Å². The smallest absolute Gasteiger partial charge is 0.305 e. The molecule has 262 valence electrons. The molecule has 1 aliphatic carbocycles. The summed E-state index contributed by atoms with van der Waals surface area (Å²) in [6.07, 6.45) is 3.69. The number of aliphatic hydroxyl groups excluding tert-OH is 1. The second-order valence-corrected chi connectivity index (χ2v) is 14.6. The number of nitrogens with one attached hydrogen (secondary N) is 3. The third-order valence-corrected chi connectivity index (χ3v) is 9.65. The number of carbonyl (C=O) groups excluding carboxylic acids is 3. The summed E-state index contributed by atoms with van der Waals surface area (Å²) in [6.45, 7) is 6.66. The maximum atomic E-state index is 13.8. The van der Waals surface area contributed by atoms with Crippen molar-refractivity contribution in [1.29, 1.82) is 0 Å². The van der Waals surface area contributed by atoms with Crippen molar-refractivity contribution in [3.63, 3.8) is 0 Å². The number of aliphatic carboxylic acids is 1. The Morgan fingerprint density at radius 1 is 0.918 bits per heavy atom. The number of pyridine rings is 1. The maximum absolute atomic E-state index is 13.8. The molecule has 1 saturated heterocycles. The van der Waals surface area contributed by atoms with Crippen LogP contribution in [0.4, 0.5) is 0 Å². The zero-order valence-corrected chi connectivity index (χ0v) is 28.6. The van der Waals surface area contributed by atoms with E-state index in [0.717, 1.165) is 36.6 Å². The van der Waals surface area contributed by atoms with Gasteiger partial charge in [0.15, 0.2) is 0 Å². The molecule has 2 heterocycles. The number of para-hydroxylation sites is 1. The van der Waals surface area contributed by atoms with Gasteiger partial charge in [0.05, 0.1) is 30.1 Å². The van der Waals surface area contributed by atoms with Gasteiger partial charge in [-0.25, -0.2) is 4.98 Å². The number of fused-ring (bicyclic) bond motifs is 2. The van der Waals surface area contributed by atoms with Crippen molar-refractivity contribution in [3.8, 4) is 0 Å². The summed E-state index contributed by atoms with van der Waals surface area (Å²) < 4.78 is 0. The Bertz CT molecular complexity index is 1630. The first-order valence-corrected chi connectivity index (χ1v) is 17.3. The van der Waals surface area contributed by atoms with E-state index in [-0.39, 0.29) is 24.6 Å². The van der Waals surface area contributed by atoms with Crippen LogP contribution in [0.5, 0.6) is 0 Å². The van der Waals surface area contributed by atoms with Crippen molar-refractivity contribution in [2.45, 2.75) is 95.5 Å². The Balaban J connectivity index is 1.35. The fourth-order valence-corrected chi connectivity index (χ4v) is 7.24. The van der Waals surface area contributed by atoms with Gasteiger partial charge in [0, 0.05) is 24.0 Å². The van der Waals surface area contributed by atoms with E-state index >= 15 is 0 Å². The molecule has 2 aromatic carbocycles. The average molecular weight is 672 g/mol. The number of β-amino-alcohol motifs (C(OH)–C–C–N with tert-alkyl or cyclic N) is 1. The molecule has 2 fully saturated rings. The first-order chi connectivity index (χ1) is 23.4. The maximum Gasteiger partial charge on any atom is 0.305 e. The van der Waals surface area contributed by atoms with E-state index < -0.39 is 54.0 Å². The van der Waals surface area contributed by atoms with Gasteiger partial charge in [-0.1, -0.05) is 73.9 Å². The lowest BCUT2D eigenvalue weighted by Gasteiger charge is -2.47. The van der Waals surface area contributed by atoms with Crippen LogP contribution < -0.4 is 16.0 Å². The van der Waals surface area contributed by atoms with Gasteiger partial charge < -0.3 is 26.2 Å². The molecule has 0 radical (unpaired) electrons. The summed E-state index contributed by atoms with van der Waals surface area (Å²) in [5.41, 5.74) is 1.08. The van der Waals surface area contributed by atoms with Gasteiger partial charge in [0.25, 0.3) is 5.91 Å². The average Bonchev–Trinajstić information content (AvgIpc) is 3.06. The number of aliphatic hydroxyl groups is 1. The Morgan fingerprint density at radius 2 is 1.61 bits per heavy atom. The summed E-state index contributed by atoms with van der Waals surface area (Å²) >= 11 is 0. The molecule has 1 aromatic heterocycles. The number of piperidine rings is 1. The SMILES string of the molecule is CC(C)(C)NC(=O)[C@@H]1C[C@@H]2CCCC[C@@H]2CN1C[C@@H](O)[C@H](Cc1ccccc1)NC(=O)[C@H](CC(=O)O)NC(=O)c1ccc2ccccc2n1. The summed E-state index contributed by atoms with van der Waals surface area (Å²) in [4.78, 5) is 58.9. The van der Waals surface area contributed by atoms with Gasteiger partial charge in [-0.3, -0.25) is 24.1 Å². The van der Waals surface area contributed by atoms with Crippen LogP contribution in [-0.4, -0.2) is 86.6 Å². The van der Waals surface area contributed by atoms with Crippen molar-refractivity contribution in [1.82, 2.24) is 25.8 Å². The molecule has 5 N–H and O–H groups in total. The standard InChI is InChI=1S/C38H49N5O6/c1-38(2,3)42-37(49)32-20-26-14-7-8-15-27(26)22-43(32)23-33(44)30(19-24-11-5-4-6-12-24)40-36(48)31(21-34(45)46)41-35(47)29-18-17-25-13-9-10-16-28(25)39-29/h4-6,9-13,16-18,26-27,30-33,44H,7-8,14-15,19-23H2,1-3H3,(H,40,48)(H,41,47)(H,42,49)(H,45,46)/t26-,27+,30-,31-,32-,33+/m0/s1. The first-order valence-electron chi connectivity index (χ1n) is 17.3. The van der Waals surface area contributed by atoms with E-state index in [4.69, 9.17) is 0 Å². The fourth-order valence-electron chi connectivity index (χ4n) is 7.24. The summed E-state index contributed by atoms with van der Waals surface area (Å²) in [6, 6.07) is 17.2. The zero-order chi connectivity index (χ0) is 35.1. The Kier molecular flexibility index (Phi) is 11.7. The normalized spacial score (nSPS) is 21.5. The number of hydrogen-bond acceptors (Lipinski definition) is 7. The van der Waals surface area contributed by atoms with Crippen LogP contribution in [0, 0.1) is 11.8 Å². The lowest BCUT2D eigenvalue weighted by molar-refractivity contribution is -0.140. The van der Waals surface area contributed by atoms with Crippen LogP contribution in [0.2, 0.25) is 0 Å². The molecule has 11 nitrogen and oxygen atoms in total. The second kappa shape index (κ2) is 15.9. The number of aromatic nitrogens is 1.